The molecule has 0 aliphatic carbocycles. The Kier molecular flexibility index (Phi) is 4.29. The molecule has 0 bridgehead atoms. The minimum Gasteiger partial charge on any atom is -0.314 e. The van der Waals surface area contributed by atoms with Gasteiger partial charge in [0.1, 0.15) is 11.6 Å². The third-order valence-corrected chi connectivity index (χ3v) is 5.14. The van der Waals surface area contributed by atoms with E-state index in [1.807, 2.05) is 0 Å². The van der Waals surface area contributed by atoms with Crippen molar-refractivity contribution >= 4 is 0 Å². The summed E-state index contributed by atoms with van der Waals surface area (Å²) in [5, 5.41) is 5.03. The largest absolute Gasteiger partial charge is 0.357 e. The van der Waals surface area contributed by atoms with E-state index in [1.165, 1.54) is 4.57 Å². The first-order valence-corrected chi connectivity index (χ1v) is 9.63. The number of nitrogens with zero attached hydrogens (tertiary/aromatic N) is 5. The van der Waals surface area contributed by atoms with Gasteiger partial charge in [-0.3, -0.25) is 0 Å². The van der Waals surface area contributed by atoms with E-state index >= 15 is 0 Å². The molecule has 5 aromatic rings. The van der Waals surface area contributed by atoms with Crippen LogP contribution in [0.15, 0.2) is 92.0 Å². The van der Waals surface area contributed by atoms with E-state index in [9.17, 15) is 19.2 Å². The molecule has 160 valence electrons. The van der Waals surface area contributed by atoms with E-state index in [-0.39, 0.29) is 0 Å². The van der Waals surface area contributed by atoms with E-state index in [4.69, 9.17) is 0 Å². The van der Waals surface area contributed by atoms with Crippen LogP contribution in [0, 0.1) is 0 Å². The van der Waals surface area contributed by atoms with Gasteiger partial charge in [-0.2, -0.15) is 9.36 Å². The molecule has 0 fully saturated rings. The summed E-state index contributed by atoms with van der Waals surface area (Å²) in [5.41, 5.74) is -1.57. The molecule has 0 saturated heterocycles. The Balaban J connectivity index is 1.64. The van der Waals surface area contributed by atoms with Crippen molar-refractivity contribution < 1.29 is 0 Å². The highest BCUT2D eigenvalue weighted by Gasteiger charge is 2.19. The molecule has 11 nitrogen and oxygen atoms in total. The summed E-state index contributed by atoms with van der Waals surface area (Å²) in [6.45, 7) is 0. The van der Waals surface area contributed by atoms with Crippen LogP contribution in [0.5, 0.6) is 0 Å². The molecule has 0 spiro atoms. The lowest BCUT2D eigenvalue weighted by molar-refractivity contribution is 0.697. The van der Waals surface area contributed by atoms with Gasteiger partial charge in [-0.1, -0.05) is 36.4 Å². The summed E-state index contributed by atoms with van der Waals surface area (Å²) in [4.78, 5) is 50.8. The second kappa shape index (κ2) is 7.16. The van der Waals surface area contributed by atoms with Gasteiger partial charge in [-0.25, -0.2) is 38.5 Å². The lowest BCUT2D eigenvalue weighted by Crippen LogP contribution is -2.28. The monoisotopic (exact) mass is 431 g/mol. The number of benzene rings is 2. The number of aromatic nitrogens is 7. The van der Waals surface area contributed by atoms with Crippen molar-refractivity contribution in [3.05, 3.63) is 115 Å². The van der Waals surface area contributed by atoms with Gasteiger partial charge in [0.25, 0.3) is 0 Å². The molecular weight excluding hydrogens is 414 g/mol. The zero-order valence-electron chi connectivity index (χ0n) is 16.8. The number of hydrogen-bond donors (Lipinski definition) is 2. The lowest BCUT2D eigenvalue weighted by atomic mass is 10.3. The maximum atomic E-state index is 12.9. The Morgan fingerprint density at radius 3 is 1.31 bits per heavy atom. The summed E-state index contributed by atoms with van der Waals surface area (Å²) in [7, 11) is 1.61. The highest BCUT2D eigenvalue weighted by molar-refractivity contribution is 5.38. The molecule has 0 amide bonds. The maximum absolute atomic E-state index is 12.9. The Labute approximate surface area is 178 Å². The van der Waals surface area contributed by atoms with E-state index in [2.05, 4.69) is 10.2 Å². The first-order chi connectivity index (χ1) is 15.5. The van der Waals surface area contributed by atoms with E-state index in [1.54, 1.807) is 79.8 Å². The maximum Gasteiger partial charge on any atom is 0.357 e. The molecular formula is C21H17N7O4. The molecule has 0 unspecified atom stereocenters. The van der Waals surface area contributed by atoms with Gasteiger partial charge in [-0.15, -0.1) is 0 Å². The highest BCUT2D eigenvalue weighted by Crippen LogP contribution is 2.12. The summed E-state index contributed by atoms with van der Waals surface area (Å²) in [6, 6.07) is 20.2. The fourth-order valence-electron chi connectivity index (χ4n) is 3.62. The molecule has 2 N–H and O–H groups in total. The molecule has 2 aromatic carbocycles. The van der Waals surface area contributed by atoms with Gasteiger partial charge in [0.05, 0.1) is 11.4 Å². The number of nitrogens with one attached hydrogen (secondary N) is 2. The number of H-pyrrole nitrogens is 2. The van der Waals surface area contributed by atoms with Crippen LogP contribution in [-0.4, -0.2) is 33.3 Å². The van der Waals surface area contributed by atoms with Crippen LogP contribution in [0.3, 0.4) is 0 Å². The molecule has 0 saturated carbocycles. The van der Waals surface area contributed by atoms with Gasteiger partial charge in [0.2, 0.25) is 0 Å². The summed E-state index contributed by atoms with van der Waals surface area (Å²) in [5.74, 6) is 0.606. The SMILES string of the molecule is Cn1c(-n2[nH]c(=O)n(-c3ccccc3)c2=O)ccc1-n1[nH]c(=O)n(-c2ccccc2)c1=O. The van der Waals surface area contributed by atoms with Crippen LogP contribution in [0.25, 0.3) is 23.0 Å². The van der Waals surface area contributed by atoms with Gasteiger partial charge < -0.3 is 4.57 Å². The Bertz CT molecular complexity index is 1530. The predicted molar refractivity (Wildman–Crippen MR) is 117 cm³/mol. The quantitative estimate of drug-likeness (QED) is 0.424. The van der Waals surface area contributed by atoms with Crippen molar-refractivity contribution in [1.82, 2.24) is 33.3 Å². The Morgan fingerprint density at radius 2 is 0.938 bits per heavy atom. The average Bonchev–Trinajstić information content (AvgIpc) is 3.41. The van der Waals surface area contributed by atoms with Crippen molar-refractivity contribution in [1.29, 1.82) is 0 Å². The number of aromatic amines is 2. The first-order valence-electron chi connectivity index (χ1n) is 9.63. The number of para-hydroxylation sites is 2. The highest BCUT2D eigenvalue weighted by atomic mass is 16.2. The number of hydrogen-bond acceptors (Lipinski definition) is 4. The molecule has 0 radical (unpaired) electrons. The van der Waals surface area contributed by atoms with E-state index in [0.29, 0.717) is 23.0 Å². The zero-order chi connectivity index (χ0) is 22.4. The molecule has 0 aliphatic heterocycles. The van der Waals surface area contributed by atoms with Crippen LogP contribution in [0.4, 0.5) is 0 Å². The molecule has 3 aromatic heterocycles. The van der Waals surface area contributed by atoms with Crippen LogP contribution in [0.1, 0.15) is 0 Å². The van der Waals surface area contributed by atoms with E-state index in [0.717, 1.165) is 18.5 Å². The summed E-state index contributed by atoms with van der Waals surface area (Å²) in [6.07, 6.45) is 0. The van der Waals surface area contributed by atoms with Crippen molar-refractivity contribution in [2.45, 2.75) is 0 Å². The van der Waals surface area contributed by atoms with E-state index < -0.39 is 22.8 Å². The Hall–Kier alpha value is -4.80. The zero-order valence-corrected chi connectivity index (χ0v) is 16.8. The van der Waals surface area contributed by atoms with Crippen molar-refractivity contribution in [3.8, 4) is 23.0 Å². The van der Waals surface area contributed by atoms with Crippen LogP contribution in [-0.2, 0) is 7.05 Å². The van der Waals surface area contributed by atoms with Crippen molar-refractivity contribution in [2.24, 2.45) is 7.05 Å². The standard InChI is InChI=1S/C21H17N7O4/c1-24-16(27-20(31)25(18(29)22-27)14-8-4-2-5-9-14)12-13-17(24)28-21(32)26(19(30)23-28)15-10-6-3-7-11-15/h2-13H,1H3,(H,22,29)(H,23,30). The van der Waals surface area contributed by atoms with Gasteiger partial charge in [0, 0.05) is 7.05 Å². The Morgan fingerprint density at radius 1 is 0.562 bits per heavy atom. The molecule has 32 heavy (non-hydrogen) atoms. The smallest absolute Gasteiger partial charge is 0.314 e. The lowest BCUT2D eigenvalue weighted by Gasteiger charge is -2.07. The fraction of sp³-hybridized carbons (Fsp3) is 0.0476. The predicted octanol–water partition coefficient (Wildman–Crippen LogP) is 0.285. The number of rotatable bonds is 4. The molecule has 5 rings (SSSR count). The first kappa shape index (κ1) is 19.2. The fourth-order valence-corrected chi connectivity index (χ4v) is 3.62. The minimum absolute atomic E-state index is 0.303. The molecule has 0 aliphatic rings. The second-order valence-corrected chi connectivity index (χ2v) is 7.02. The van der Waals surface area contributed by atoms with Crippen LogP contribution in [0.2, 0.25) is 0 Å². The van der Waals surface area contributed by atoms with Gasteiger partial charge >= 0.3 is 22.8 Å². The molecule has 11 heteroatoms. The topological polar surface area (TPSA) is 125 Å². The second-order valence-electron chi connectivity index (χ2n) is 7.02. The van der Waals surface area contributed by atoms with Crippen LogP contribution >= 0.6 is 0 Å². The summed E-state index contributed by atoms with van der Waals surface area (Å²) >= 11 is 0. The third kappa shape index (κ3) is 2.83. The van der Waals surface area contributed by atoms with Crippen molar-refractivity contribution in [2.75, 3.05) is 0 Å². The van der Waals surface area contributed by atoms with Crippen LogP contribution < -0.4 is 22.8 Å². The average molecular weight is 431 g/mol. The van der Waals surface area contributed by atoms with Gasteiger partial charge in [-0.05, 0) is 36.4 Å². The van der Waals surface area contributed by atoms with Gasteiger partial charge in [0.15, 0.2) is 0 Å². The normalized spacial score (nSPS) is 11.2. The third-order valence-electron chi connectivity index (χ3n) is 5.14. The molecule has 0 atom stereocenters. The van der Waals surface area contributed by atoms with Crippen molar-refractivity contribution in [3.63, 3.8) is 0 Å². The minimum atomic E-state index is -0.607. The summed E-state index contributed by atoms with van der Waals surface area (Å²) < 4.78 is 5.69. The molecule has 3 heterocycles.